The third-order valence-corrected chi connectivity index (χ3v) is 3.02. The van der Waals surface area contributed by atoms with Crippen molar-refractivity contribution in [2.75, 3.05) is 7.05 Å². The first-order valence-corrected chi connectivity index (χ1v) is 5.95. The molecule has 1 N–H and O–H groups in total. The van der Waals surface area contributed by atoms with E-state index in [1.54, 1.807) is 7.05 Å². The molecule has 4 nitrogen and oxygen atoms in total. The lowest BCUT2D eigenvalue weighted by atomic mass is 10.1. The average Bonchev–Trinajstić information content (AvgIpc) is 2.82. The van der Waals surface area contributed by atoms with Crippen LogP contribution in [0.2, 0.25) is 0 Å². The first-order chi connectivity index (χ1) is 8.76. The van der Waals surface area contributed by atoms with Gasteiger partial charge in [-0.15, -0.1) is 0 Å². The predicted octanol–water partition coefficient (Wildman–Crippen LogP) is 2.04. The topological polar surface area (TPSA) is 57.8 Å². The van der Waals surface area contributed by atoms with E-state index in [1.165, 1.54) is 0 Å². The van der Waals surface area contributed by atoms with Gasteiger partial charge in [0.1, 0.15) is 0 Å². The van der Waals surface area contributed by atoms with Crippen LogP contribution in [0.15, 0.2) is 30.5 Å². The molecular formula is C14H15N3O. The number of carbonyl (C=O) groups excluding carboxylic acids is 1. The standard InChI is InChI=1S/C14H15N3O/c1-16-14(18)6-3-8-17-9-7-12-11(10-15)4-2-5-13(12)17/h2,4-5,7,9H,3,6,8H2,1H3,(H,16,18). The smallest absolute Gasteiger partial charge is 0.219 e. The number of aryl methyl sites for hydroxylation is 1. The van der Waals surface area contributed by atoms with Gasteiger partial charge >= 0.3 is 0 Å². The maximum Gasteiger partial charge on any atom is 0.219 e. The van der Waals surface area contributed by atoms with E-state index in [9.17, 15) is 4.79 Å². The lowest BCUT2D eigenvalue weighted by molar-refractivity contribution is -0.120. The van der Waals surface area contributed by atoms with Crippen molar-refractivity contribution in [3.8, 4) is 6.07 Å². The van der Waals surface area contributed by atoms with Gasteiger partial charge in [0.05, 0.1) is 11.6 Å². The van der Waals surface area contributed by atoms with E-state index >= 15 is 0 Å². The number of carbonyl (C=O) groups is 1. The van der Waals surface area contributed by atoms with Crippen LogP contribution in [0.1, 0.15) is 18.4 Å². The van der Waals surface area contributed by atoms with Crippen molar-refractivity contribution < 1.29 is 4.79 Å². The van der Waals surface area contributed by atoms with Gasteiger partial charge in [-0.05, 0) is 24.6 Å². The minimum absolute atomic E-state index is 0.0594. The molecule has 1 aromatic carbocycles. The third kappa shape index (κ3) is 2.35. The van der Waals surface area contributed by atoms with Crippen LogP contribution in [0.5, 0.6) is 0 Å². The van der Waals surface area contributed by atoms with E-state index in [1.807, 2.05) is 30.5 Å². The van der Waals surface area contributed by atoms with E-state index in [0.717, 1.165) is 23.9 Å². The molecule has 2 rings (SSSR count). The molecule has 0 bridgehead atoms. The Morgan fingerprint density at radius 3 is 3.00 bits per heavy atom. The number of amides is 1. The summed E-state index contributed by atoms with van der Waals surface area (Å²) in [6.07, 6.45) is 3.28. The number of aromatic nitrogens is 1. The summed E-state index contributed by atoms with van der Waals surface area (Å²) in [4.78, 5) is 11.1. The highest BCUT2D eigenvalue weighted by Crippen LogP contribution is 2.20. The fourth-order valence-electron chi connectivity index (χ4n) is 2.05. The van der Waals surface area contributed by atoms with E-state index in [-0.39, 0.29) is 5.91 Å². The van der Waals surface area contributed by atoms with Crippen LogP contribution in [0.25, 0.3) is 10.9 Å². The second-order valence-electron chi connectivity index (χ2n) is 4.14. The molecule has 0 aliphatic carbocycles. The van der Waals surface area contributed by atoms with Gasteiger partial charge in [0.15, 0.2) is 0 Å². The minimum Gasteiger partial charge on any atom is -0.359 e. The Morgan fingerprint density at radius 1 is 1.44 bits per heavy atom. The molecule has 0 atom stereocenters. The molecule has 1 heterocycles. The molecule has 0 radical (unpaired) electrons. The third-order valence-electron chi connectivity index (χ3n) is 3.02. The van der Waals surface area contributed by atoms with Crippen molar-refractivity contribution in [2.24, 2.45) is 0 Å². The zero-order chi connectivity index (χ0) is 13.0. The summed E-state index contributed by atoms with van der Waals surface area (Å²) >= 11 is 0. The summed E-state index contributed by atoms with van der Waals surface area (Å²) in [5, 5.41) is 12.6. The number of nitriles is 1. The van der Waals surface area contributed by atoms with Crippen molar-refractivity contribution in [3.05, 3.63) is 36.0 Å². The first kappa shape index (κ1) is 12.2. The second kappa shape index (κ2) is 5.37. The van der Waals surface area contributed by atoms with Crippen LogP contribution in [0, 0.1) is 11.3 Å². The van der Waals surface area contributed by atoms with E-state index in [0.29, 0.717) is 12.0 Å². The summed E-state index contributed by atoms with van der Waals surface area (Å²) in [7, 11) is 1.65. The van der Waals surface area contributed by atoms with Crippen molar-refractivity contribution >= 4 is 16.8 Å². The van der Waals surface area contributed by atoms with Crippen LogP contribution >= 0.6 is 0 Å². The Morgan fingerprint density at radius 2 is 2.28 bits per heavy atom. The number of fused-ring (bicyclic) bond motifs is 1. The molecule has 2 aromatic rings. The number of hydrogen-bond donors (Lipinski definition) is 1. The Labute approximate surface area is 106 Å². The molecule has 0 fully saturated rings. The lowest BCUT2D eigenvalue weighted by Gasteiger charge is -2.05. The van der Waals surface area contributed by atoms with Gasteiger partial charge in [-0.1, -0.05) is 6.07 Å². The molecule has 0 spiro atoms. The van der Waals surface area contributed by atoms with Crippen LogP contribution in [0.4, 0.5) is 0 Å². The number of hydrogen-bond acceptors (Lipinski definition) is 2. The SMILES string of the molecule is CNC(=O)CCCn1ccc2c(C#N)cccc21. The first-order valence-electron chi connectivity index (χ1n) is 5.95. The molecular weight excluding hydrogens is 226 g/mol. The van der Waals surface area contributed by atoms with Gasteiger partial charge in [0.25, 0.3) is 0 Å². The predicted molar refractivity (Wildman–Crippen MR) is 70.0 cm³/mol. The number of nitrogens with zero attached hydrogens (tertiary/aromatic N) is 2. The van der Waals surface area contributed by atoms with Gasteiger partial charge < -0.3 is 9.88 Å². The summed E-state index contributed by atoms with van der Waals surface area (Å²) in [6, 6.07) is 9.84. The number of benzene rings is 1. The quantitative estimate of drug-likeness (QED) is 0.890. The highest BCUT2D eigenvalue weighted by atomic mass is 16.1. The van der Waals surface area contributed by atoms with Gasteiger partial charge in [-0.3, -0.25) is 4.79 Å². The van der Waals surface area contributed by atoms with Gasteiger partial charge in [0.2, 0.25) is 5.91 Å². The molecule has 92 valence electrons. The molecule has 4 heteroatoms. The van der Waals surface area contributed by atoms with Crippen LogP contribution < -0.4 is 5.32 Å². The van der Waals surface area contributed by atoms with E-state index in [2.05, 4.69) is 16.0 Å². The number of nitrogens with one attached hydrogen (secondary N) is 1. The molecule has 0 saturated carbocycles. The van der Waals surface area contributed by atoms with Crippen LogP contribution in [-0.4, -0.2) is 17.5 Å². The maximum atomic E-state index is 11.1. The summed E-state index contributed by atoms with van der Waals surface area (Å²) < 4.78 is 2.08. The normalized spacial score (nSPS) is 10.2. The van der Waals surface area contributed by atoms with Crippen molar-refractivity contribution in [3.63, 3.8) is 0 Å². The molecule has 0 aliphatic rings. The van der Waals surface area contributed by atoms with Crippen molar-refractivity contribution in [1.82, 2.24) is 9.88 Å². The Bertz CT molecular complexity index is 607. The molecule has 18 heavy (non-hydrogen) atoms. The van der Waals surface area contributed by atoms with Gasteiger partial charge in [-0.2, -0.15) is 5.26 Å². The van der Waals surface area contributed by atoms with Gasteiger partial charge in [-0.25, -0.2) is 0 Å². The number of rotatable bonds is 4. The molecule has 0 unspecified atom stereocenters. The zero-order valence-corrected chi connectivity index (χ0v) is 10.3. The zero-order valence-electron chi connectivity index (χ0n) is 10.3. The fourth-order valence-corrected chi connectivity index (χ4v) is 2.05. The van der Waals surface area contributed by atoms with Crippen molar-refractivity contribution in [1.29, 1.82) is 5.26 Å². The summed E-state index contributed by atoms with van der Waals surface area (Å²) in [6.45, 7) is 0.784. The fraction of sp³-hybridized carbons (Fsp3) is 0.286. The Balaban J connectivity index is 2.15. The minimum atomic E-state index is 0.0594. The molecule has 1 aromatic heterocycles. The van der Waals surface area contributed by atoms with Crippen LogP contribution in [-0.2, 0) is 11.3 Å². The van der Waals surface area contributed by atoms with Gasteiger partial charge in [0, 0.05) is 37.1 Å². The highest BCUT2D eigenvalue weighted by molar-refractivity contribution is 5.86. The molecule has 0 saturated heterocycles. The van der Waals surface area contributed by atoms with Crippen LogP contribution in [0.3, 0.4) is 0 Å². The Kier molecular flexibility index (Phi) is 3.63. The summed E-state index contributed by atoms with van der Waals surface area (Å²) in [5.41, 5.74) is 1.74. The second-order valence-corrected chi connectivity index (χ2v) is 4.14. The Hall–Kier alpha value is -2.28. The van der Waals surface area contributed by atoms with E-state index in [4.69, 9.17) is 5.26 Å². The average molecular weight is 241 g/mol. The lowest BCUT2D eigenvalue weighted by Crippen LogP contribution is -2.17. The van der Waals surface area contributed by atoms with E-state index < -0.39 is 0 Å². The molecule has 1 amide bonds. The maximum absolute atomic E-state index is 11.1. The largest absolute Gasteiger partial charge is 0.359 e. The highest BCUT2D eigenvalue weighted by Gasteiger charge is 2.05. The monoisotopic (exact) mass is 241 g/mol. The summed E-state index contributed by atoms with van der Waals surface area (Å²) in [5.74, 6) is 0.0594. The van der Waals surface area contributed by atoms with Crippen molar-refractivity contribution in [2.45, 2.75) is 19.4 Å². The molecule has 0 aliphatic heterocycles.